The standard InChI is InChI=1S/C7H4Cl2N2/c8-5-1-2-6-3-4-7(9)11-10-6/h3-4H,5H2. The minimum atomic E-state index is 0.296. The van der Waals surface area contributed by atoms with Gasteiger partial charge in [0.05, 0.1) is 5.88 Å². The van der Waals surface area contributed by atoms with Crippen molar-refractivity contribution in [3.63, 3.8) is 0 Å². The molecule has 0 bridgehead atoms. The molecular weight excluding hydrogens is 183 g/mol. The normalized spacial score (nSPS) is 8.55. The summed E-state index contributed by atoms with van der Waals surface area (Å²) in [4.78, 5) is 0. The molecule has 11 heavy (non-hydrogen) atoms. The first-order valence-electron chi connectivity index (χ1n) is 2.87. The Balaban J connectivity index is 2.82. The van der Waals surface area contributed by atoms with Crippen LogP contribution in [0.3, 0.4) is 0 Å². The van der Waals surface area contributed by atoms with Crippen molar-refractivity contribution in [2.24, 2.45) is 0 Å². The number of halogens is 2. The van der Waals surface area contributed by atoms with E-state index in [-0.39, 0.29) is 0 Å². The second kappa shape index (κ2) is 4.17. The maximum Gasteiger partial charge on any atom is 0.151 e. The smallest absolute Gasteiger partial charge is 0.140 e. The van der Waals surface area contributed by atoms with Gasteiger partial charge in [-0.1, -0.05) is 17.5 Å². The third-order valence-corrected chi connectivity index (χ3v) is 1.25. The largest absolute Gasteiger partial charge is 0.151 e. The van der Waals surface area contributed by atoms with Crippen LogP contribution in [0.2, 0.25) is 5.15 Å². The van der Waals surface area contributed by atoms with Gasteiger partial charge in [-0.3, -0.25) is 0 Å². The van der Waals surface area contributed by atoms with E-state index in [1.807, 2.05) is 0 Å². The van der Waals surface area contributed by atoms with Gasteiger partial charge < -0.3 is 0 Å². The van der Waals surface area contributed by atoms with E-state index >= 15 is 0 Å². The third kappa shape index (κ3) is 2.75. The van der Waals surface area contributed by atoms with Crippen molar-refractivity contribution in [1.82, 2.24) is 10.2 Å². The zero-order valence-electron chi connectivity index (χ0n) is 5.51. The summed E-state index contributed by atoms with van der Waals surface area (Å²) in [6.45, 7) is 0. The molecule has 0 aliphatic heterocycles. The SMILES string of the molecule is ClCC#Cc1ccc(Cl)nn1. The summed E-state index contributed by atoms with van der Waals surface area (Å²) in [5, 5.41) is 7.67. The molecule has 0 N–H and O–H groups in total. The van der Waals surface area contributed by atoms with E-state index in [9.17, 15) is 0 Å². The molecule has 1 heterocycles. The van der Waals surface area contributed by atoms with Crippen LogP contribution in [0.15, 0.2) is 12.1 Å². The van der Waals surface area contributed by atoms with Gasteiger partial charge in [0.2, 0.25) is 0 Å². The molecule has 1 aromatic rings. The van der Waals surface area contributed by atoms with Crippen molar-refractivity contribution >= 4 is 23.2 Å². The van der Waals surface area contributed by atoms with E-state index in [0.717, 1.165) is 0 Å². The minimum Gasteiger partial charge on any atom is -0.140 e. The van der Waals surface area contributed by atoms with Gasteiger partial charge >= 0.3 is 0 Å². The lowest BCUT2D eigenvalue weighted by molar-refractivity contribution is 1.01. The Morgan fingerprint density at radius 1 is 1.36 bits per heavy atom. The van der Waals surface area contributed by atoms with Crippen LogP contribution in [-0.4, -0.2) is 16.1 Å². The van der Waals surface area contributed by atoms with Gasteiger partial charge in [-0.25, -0.2) is 0 Å². The number of hydrogen-bond acceptors (Lipinski definition) is 2. The lowest BCUT2D eigenvalue weighted by Gasteiger charge is -1.86. The molecule has 1 aromatic heterocycles. The average molecular weight is 187 g/mol. The highest BCUT2D eigenvalue weighted by molar-refractivity contribution is 6.29. The molecule has 0 radical (unpaired) electrons. The second-order valence-electron chi connectivity index (χ2n) is 1.68. The van der Waals surface area contributed by atoms with E-state index in [4.69, 9.17) is 23.2 Å². The summed E-state index contributed by atoms with van der Waals surface area (Å²) in [5.41, 5.74) is 0.579. The van der Waals surface area contributed by atoms with Crippen molar-refractivity contribution in [1.29, 1.82) is 0 Å². The molecule has 0 saturated heterocycles. The Morgan fingerprint density at radius 2 is 2.18 bits per heavy atom. The van der Waals surface area contributed by atoms with Crippen LogP contribution in [0, 0.1) is 11.8 Å². The maximum absolute atomic E-state index is 5.50. The average Bonchev–Trinajstić information content (AvgIpc) is 2.04. The fourth-order valence-corrected chi connectivity index (χ4v) is 0.674. The van der Waals surface area contributed by atoms with E-state index < -0.39 is 0 Å². The molecular formula is C7H4Cl2N2. The number of hydrogen-bond donors (Lipinski definition) is 0. The number of nitrogens with zero attached hydrogens (tertiary/aromatic N) is 2. The van der Waals surface area contributed by atoms with E-state index in [0.29, 0.717) is 16.7 Å². The van der Waals surface area contributed by atoms with Crippen molar-refractivity contribution in [3.05, 3.63) is 23.0 Å². The van der Waals surface area contributed by atoms with Crippen molar-refractivity contribution < 1.29 is 0 Å². The van der Waals surface area contributed by atoms with Crippen LogP contribution in [0.1, 0.15) is 5.69 Å². The van der Waals surface area contributed by atoms with E-state index in [1.54, 1.807) is 12.1 Å². The van der Waals surface area contributed by atoms with Crippen molar-refractivity contribution in [3.8, 4) is 11.8 Å². The molecule has 0 aliphatic carbocycles. The molecule has 0 aromatic carbocycles. The first-order chi connectivity index (χ1) is 5.33. The van der Waals surface area contributed by atoms with Gasteiger partial charge in [0, 0.05) is 0 Å². The first kappa shape index (κ1) is 8.32. The topological polar surface area (TPSA) is 25.8 Å². The highest BCUT2D eigenvalue weighted by atomic mass is 35.5. The highest BCUT2D eigenvalue weighted by Gasteiger charge is 1.88. The zero-order valence-corrected chi connectivity index (χ0v) is 7.02. The van der Waals surface area contributed by atoms with Crippen LogP contribution < -0.4 is 0 Å². The summed E-state index contributed by atoms with van der Waals surface area (Å²) in [7, 11) is 0. The first-order valence-corrected chi connectivity index (χ1v) is 3.78. The predicted molar refractivity (Wildman–Crippen MR) is 44.6 cm³/mol. The Morgan fingerprint density at radius 3 is 2.73 bits per heavy atom. The van der Waals surface area contributed by atoms with Crippen LogP contribution in [-0.2, 0) is 0 Å². The van der Waals surface area contributed by atoms with Crippen molar-refractivity contribution in [2.75, 3.05) is 5.88 Å². The van der Waals surface area contributed by atoms with Gasteiger partial charge in [-0.2, -0.15) is 0 Å². The Bertz CT molecular complexity index is 284. The zero-order chi connectivity index (χ0) is 8.10. The van der Waals surface area contributed by atoms with Gasteiger partial charge in [0.25, 0.3) is 0 Å². The molecule has 1 rings (SSSR count). The summed E-state index contributed by atoms with van der Waals surface area (Å²) in [6.07, 6.45) is 0. The van der Waals surface area contributed by atoms with E-state index in [2.05, 4.69) is 22.0 Å². The Kier molecular flexibility index (Phi) is 3.15. The van der Waals surface area contributed by atoms with Gasteiger partial charge in [-0.15, -0.1) is 21.8 Å². The highest BCUT2D eigenvalue weighted by Crippen LogP contribution is 2.00. The van der Waals surface area contributed by atoms with Crippen molar-refractivity contribution in [2.45, 2.75) is 0 Å². The fraction of sp³-hybridized carbons (Fsp3) is 0.143. The molecule has 0 saturated carbocycles. The third-order valence-electron chi connectivity index (χ3n) is 0.915. The Hall–Kier alpha value is -0.780. The van der Waals surface area contributed by atoms with Crippen LogP contribution in [0.4, 0.5) is 0 Å². The molecule has 4 heteroatoms. The molecule has 0 aliphatic rings. The Labute approximate surface area is 74.5 Å². The fourth-order valence-electron chi connectivity index (χ4n) is 0.507. The molecule has 2 nitrogen and oxygen atoms in total. The monoisotopic (exact) mass is 186 g/mol. The van der Waals surface area contributed by atoms with Gasteiger partial charge in [-0.05, 0) is 18.1 Å². The summed E-state index contributed by atoms with van der Waals surface area (Å²) < 4.78 is 0. The second-order valence-corrected chi connectivity index (χ2v) is 2.33. The van der Waals surface area contributed by atoms with Gasteiger partial charge in [0.15, 0.2) is 5.15 Å². The minimum absolute atomic E-state index is 0.296. The van der Waals surface area contributed by atoms with Crippen LogP contribution in [0.5, 0.6) is 0 Å². The van der Waals surface area contributed by atoms with E-state index in [1.165, 1.54) is 0 Å². The molecule has 0 spiro atoms. The summed E-state index contributed by atoms with van der Waals surface area (Å²) >= 11 is 10.8. The molecule has 0 unspecified atom stereocenters. The lowest BCUT2D eigenvalue weighted by Crippen LogP contribution is -1.85. The van der Waals surface area contributed by atoms with Crippen LogP contribution in [0.25, 0.3) is 0 Å². The quantitative estimate of drug-likeness (QED) is 0.456. The molecule has 56 valence electrons. The molecule has 0 fully saturated rings. The predicted octanol–water partition coefficient (Wildman–Crippen LogP) is 1.72. The van der Waals surface area contributed by atoms with Crippen LogP contribution >= 0.6 is 23.2 Å². The lowest BCUT2D eigenvalue weighted by atomic mass is 10.4. The summed E-state index contributed by atoms with van der Waals surface area (Å²) in [5.74, 6) is 5.66. The summed E-state index contributed by atoms with van der Waals surface area (Å²) in [6, 6.07) is 3.32. The maximum atomic E-state index is 5.50. The number of rotatable bonds is 0. The number of alkyl halides is 1. The molecule has 0 amide bonds. The molecule has 0 atom stereocenters. The number of aromatic nitrogens is 2. The van der Waals surface area contributed by atoms with Gasteiger partial charge in [0.1, 0.15) is 5.69 Å².